The summed E-state index contributed by atoms with van der Waals surface area (Å²) in [6.07, 6.45) is 5.11. The molecule has 0 aliphatic heterocycles. The molecule has 1 saturated carbocycles. The van der Waals surface area contributed by atoms with Crippen LogP contribution < -0.4 is 10.6 Å². The fourth-order valence-corrected chi connectivity index (χ4v) is 2.67. The second kappa shape index (κ2) is 7.25. The molecule has 1 fully saturated rings. The minimum Gasteiger partial charge on any atom is -0.345 e. The van der Waals surface area contributed by atoms with Gasteiger partial charge in [0.05, 0.1) is 0 Å². The van der Waals surface area contributed by atoms with Crippen LogP contribution in [0.3, 0.4) is 0 Å². The van der Waals surface area contributed by atoms with Gasteiger partial charge in [0.15, 0.2) is 0 Å². The second-order valence-corrected chi connectivity index (χ2v) is 5.93. The lowest BCUT2D eigenvalue weighted by Crippen LogP contribution is -2.43. The van der Waals surface area contributed by atoms with E-state index in [0.717, 1.165) is 38.0 Å². The van der Waals surface area contributed by atoms with Gasteiger partial charge in [0, 0.05) is 11.7 Å². The molecule has 1 aromatic rings. The Morgan fingerprint density at radius 2 is 1.67 bits per heavy atom. The molecule has 2 rings (SSSR count). The summed E-state index contributed by atoms with van der Waals surface area (Å²) in [7, 11) is 0. The van der Waals surface area contributed by atoms with Gasteiger partial charge in [-0.15, -0.1) is 0 Å². The number of carbonyl (C=O) groups is 2. The molecular weight excluding hydrogens is 264 g/mol. The first kappa shape index (κ1) is 15.5. The number of nitrogens with one attached hydrogen (secondary N) is 2. The molecule has 114 valence electrons. The Labute approximate surface area is 126 Å². The molecule has 4 heteroatoms. The van der Waals surface area contributed by atoms with Gasteiger partial charge in [-0.05, 0) is 55.7 Å². The lowest BCUT2D eigenvalue weighted by atomic mass is 9.87. The molecule has 1 aliphatic rings. The third kappa shape index (κ3) is 4.59. The van der Waals surface area contributed by atoms with Crippen LogP contribution in [0.2, 0.25) is 0 Å². The van der Waals surface area contributed by atoms with Gasteiger partial charge in [-0.1, -0.05) is 26.0 Å². The summed E-state index contributed by atoms with van der Waals surface area (Å²) in [6, 6.07) is 7.70. The minimum atomic E-state index is -0.585. The highest BCUT2D eigenvalue weighted by atomic mass is 16.2. The zero-order valence-electron chi connectivity index (χ0n) is 12.8. The highest BCUT2D eigenvalue weighted by Crippen LogP contribution is 2.23. The van der Waals surface area contributed by atoms with Gasteiger partial charge in [-0.25, -0.2) is 0 Å². The van der Waals surface area contributed by atoms with E-state index < -0.39 is 11.8 Å². The first-order chi connectivity index (χ1) is 10.1. The topological polar surface area (TPSA) is 58.2 Å². The summed E-state index contributed by atoms with van der Waals surface area (Å²) < 4.78 is 0. The van der Waals surface area contributed by atoms with Crippen LogP contribution in [0.25, 0.3) is 0 Å². The maximum absolute atomic E-state index is 11.9. The van der Waals surface area contributed by atoms with Crippen LogP contribution in [-0.4, -0.2) is 17.9 Å². The third-order valence-corrected chi connectivity index (χ3v) is 4.18. The standard InChI is InChI=1S/C17H24N2O2/c1-3-13-6-10-15(11-7-13)19-17(21)16(20)18-14-8-4-12(2)5-9-14/h6-7,10-12,14H,3-5,8-9H2,1-2H3,(H,18,20)(H,19,21). The Morgan fingerprint density at radius 1 is 1.05 bits per heavy atom. The number of carbonyl (C=O) groups excluding carboxylic acids is 2. The minimum absolute atomic E-state index is 0.141. The average Bonchev–Trinajstić information content (AvgIpc) is 2.50. The number of aryl methyl sites for hydroxylation is 1. The van der Waals surface area contributed by atoms with E-state index in [1.54, 1.807) is 0 Å². The van der Waals surface area contributed by atoms with Crippen molar-refractivity contribution in [1.29, 1.82) is 0 Å². The lowest BCUT2D eigenvalue weighted by molar-refractivity contribution is -0.136. The van der Waals surface area contributed by atoms with E-state index in [1.807, 2.05) is 24.3 Å². The Hall–Kier alpha value is -1.84. The van der Waals surface area contributed by atoms with Crippen molar-refractivity contribution in [3.8, 4) is 0 Å². The predicted molar refractivity (Wildman–Crippen MR) is 84.0 cm³/mol. The van der Waals surface area contributed by atoms with Gasteiger partial charge >= 0.3 is 11.8 Å². The summed E-state index contributed by atoms with van der Waals surface area (Å²) in [5.74, 6) is -0.393. The molecule has 4 nitrogen and oxygen atoms in total. The number of hydrogen-bond acceptors (Lipinski definition) is 2. The van der Waals surface area contributed by atoms with Crippen LogP contribution in [0, 0.1) is 5.92 Å². The maximum Gasteiger partial charge on any atom is 0.313 e. The maximum atomic E-state index is 11.9. The summed E-state index contributed by atoms with van der Waals surface area (Å²) in [6.45, 7) is 4.30. The Bertz CT molecular complexity index is 488. The van der Waals surface area contributed by atoms with Crippen molar-refractivity contribution in [2.45, 2.75) is 52.0 Å². The van der Waals surface area contributed by atoms with Gasteiger partial charge in [-0.3, -0.25) is 9.59 Å². The molecule has 1 aromatic carbocycles. The molecule has 2 amide bonds. The van der Waals surface area contributed by atoms with Crippen molar-refractivity contribution in [2.75, 3.05) is 5.32 Å². The second-order valence-electron chi connectivity index (χ2n) is 5.93. The van der Waals surface area contributed by atoms with E-state index in [2.05, 4.69) is 24.5 Å². The molecule has 0 bridgehead atoms. The van der Waals surface area contributed by atoms with E-state index in [1.165, 1.54) is 5.56 Å². The van der Waals surface area contributed by atoms with Gasteiger partial charge in [0.1, 0.15) is 0 Å². The Kier molecular flexibility index (Phi) is 5.37. The molecule has 0 aromatic heterocycles. The summed E-state index contributed by atoms with van der Waals surface area (Å²) >= 11 is 0. The molecular formula is C17H24N2O2. The fourth-order valence-electron chi connectivity index (χ4n) is 2.67. The van der Waals surface area contributed by atoms with Crippen molar-refractivity contribution >= 4 is 17.5 Å². The molecule has 0 saturated heterocycles. The fraction of sp³-hybridized carbons (Fsp3) is 0.529. The van der Waals surface area contributed by atoms with Crippen molar-refractivity contribution in [3.05, 3.63) is 29.8 Å². The van der Waals surface area contributed by atoms with E-state index in [0.29, 0.717) is 5.69 Å². The number of anilines is 1. The summed E-state index contributed by atoms with van der Waals surface area (Å²) in [4.78, 5) is 23.8. The number of rotatable bonds is 3. The van der Waals surface area contributed by atoms with Crippen LogP contribution >= 0.6 is 0 Å². The van der Waals surface area contributed by atoms with Crippen molar-refractivity contribution in [1.82, 2.24) is 5.32 Å². The predicted octanol–water partition coefficient (Wildman–Crippen LogP) is 2.88. The quantitative estimate of drug-likeness (QED) is 0.840. The van der Waals surface area contributed by atoms with Crippen molar-refractivity contribution in [3.63, 3.8) is 0 Å². The first-order valence-electron chi connectivity index (χ1n) is 7.79. The van der Waals surface area contributed by atoms with Crippen LogP contribution in [0.1, 0.15) is 45.1 Å². The Balaban J connectivity index is 1.83. The molecule has 21 heavy (non-hydrogen) atoms. The lowest BCUT2D eigenvalue weighted by Gasteiger charge is -2.26. The van der Waals surface area contributed by atoms with Crippen molar-refractivity contribution < 1.29 is 9.59 Å². The van der Waals surface area contributed by atoms with E-state index >= 15 is 0 Å². The van der Waals surface area contributed by atoms with Crippen LogP contribution in [-0.2, 0) is 16.0 Å². The number of benzene rings is 1. The number of amides is 2. The molecule has 0 unspecified atom stereocenters. The monoisotopic (exact) mass is 288 g/mol. The first-order valence-corrected chi connectivity index (χ1v) is 7.79. The summed E-state index contributed by atoms with van der Waals surface area (Å²) in [5, 5.41) is 5.47. The van der Waals surface area contributed by atoms with Crippen molar-refractivity contribution in [2.24, 2.45) is 5.92 Å². The highest BCUT2D eigenvalue weighted by molar-refractivity contribution is 6.39. The van der Waals surface area contributed by atoms with Gasteiger partial charge in [0.25, 0.3) is 0 Å². The molecule has 0 radical (unpaired) electrons. The van der Waals surface area contributed by atoms with E-state index in [4.69, 9.17) is 0 Å². The average molecular weight is 288 g/mol. The zero-order valence-corrected chi connectivity index (χ0v) is 12.8. The molecule has 0 atom stereocenters. The van der Waals surface area contributed by atoms with Crippen LogP contribution in [0.5, 0.6) is 0 Å². The van der Waals surface area contributed by atoms with Crippen LogP contribution in [0.15, 0.2) is 24.3 Å². The smallest absolute Gasteiger partial charge is 0.313 e. The van der Waals surface area contributed by atoms with Gasteiger partial charge in [-0.2, -0.15) is 0 Å². The molecule has 0 heterocycles. The molecule has 0 spiro atoms. The zero-order chi connectivity index (χ0) is 15.2. The van der Waals surface area contributed by atoms with E-state index in [9.17, 15) is 9.59 Å². The Morgan fingerprint density at radius 3 is 2.24 bits per heavy atom. The largest absolute Gasteiger partial charge is 0.345 e. The normalized spacial score (nSPS) is 21.6. The summed E-state index contributed by atoms with van der Waals surface area (Å²) in [5.41, 5.74) is 1.86. The molecule has 1 aliphatic carbocycles. The molecule has 2 N–H and O–H groups in total. The number of hydrogen-bond donors (Lipinski definition) is 2. The van der Waals surface area contributed by atoms with Gasteiger partial charge in [0.2, 0.25) is 0 Å². The highest BCUT2D eigenvalue weighted by Gasteiger charge is 2.22. The third-order valence-electron chi connectivity index (χ3n) is 4.18. The van der Waals surface area contributed by atoms with Gasteiger partial charge < -0.3 is 10.6 Å². The SMILES string of the molecule is CCc1ccc(NC(=O)C(=O)NC2CCC(C)CC2)cc1. The van der Waals surface area contributed by atoms with E-state index in [-0.39, 0.29) is 6.04 Å². The van der Waals surface area contributed by atoms with Crippen LogP contribution in [0.4, 0.5) is 5.69 Å².